The third-order valence-corrected chi connectivity index (χ3v) is 12.6. The summed E-state index contributed by atoms with van der Waals surface area (Å²) in [6.45, 7) is 4.16. The van der Waals surface area contributed by atoms with Gasteiger partial charge in [-0.1, -0.05) is 48.5 Å². The van der Waals surface area contributed by atoms with Crippen molar-refractivity contribution in [2.24, 2.45) is 23.7 Å². The molecule has 2 aliphatic heterocycles. The number of amides is 2. The average molecular weight is 795 g/mol. The smallest absolute Gasteiger partial charge is 0.345 e. The molecule has 2 atom stereocenters. The van der Waals surface area contributed by atoms with Crippen molar-refractivity contribution >= 4 is 28.7 Å². The maximum absolute atomic E-state index is 13.5. The molecule has 13 nitrogen and oxygen atoms in total. The first-order chi connectivity index (χ1) is 28.0. The Labute approximate surface area is 337 Å². The van der Waals surface area contributed by atoms with Crippen LogP contribution in [0.2, 0.25) is 0 Å². The quantitative estimate of drug-likeness (QED) is 0.112. The summed E-state index contributed by atoms with van der Waals surface area (Å²) < 4.78 is 6.09. The number of aromatic nitrogens is 1. The van der Waals surface area contributed by atoms with Crippen LogP contribution in [0.1, 0.15) is 74.2 Å². The number of phenolic OH excluding ortho intramolecular Hbond substituents is 1. The number of pyridine rings is 1. The highest BCUT2D eigenvalue weighted by Gasteiger charge is 2.40. The van der Waals surface area contributed by atoms with E-state index >= 15 is 0 Å². The Morgan fingerprint density at radius 1 is 0.776 bits per heavy atom. The number of aliphatic hydroxyl groups excluding tert-OH is 1. The molecule has 1 aliphatic carbocycles. The Balaban J connectivity index is 0.799. The fourth-order valence-electron chi connectivity index (χ4n) is 8.98. The predicted molar refractivity (Wildman–Crippen MR) is 217 cm³/mol. The van der Waals surface area contributed by atoms with Gasteiger partial charge < -0.3 is 45.3 Å². The molecule has 58 heavy (non-hydrogen) atoms. The van der Waals surface area contributed by atoms with Crippen LogP contribution in [0.5, 0.6) is 11.5 Å². The second kappa shape index (κ2) is 18.1. The molecule has 3 aliphatic rings. The van der Waals surface area contributed by atoms with Gasteiger partial charge in [0.25, 0.3) is 0 Å². The van der Waals surface area contributed by atoms with Crippen molar-refractivity contribution in [3.8, 4) is 11.5 Å². The van der Waals surface area contributed by atoms with Gasteiger partial charge in [0, 0.05) is 61.6 Å². The number of nitrogens with one attached hydrogen (secondary N) is 2. The lowest BCUT2D eigenvalue weighted by molar-refractivity contribution is -0.155. The van der Waals surface area contributed by atoms with E-state index in [9.17, 15) is 39.6 Å². The summed E-state index contributed by atoms with van der Waals surface area (Å²) in [6.07, 6.45) is 5.41. The molecule has 2 amide bonds. The number of carboxylic acids is 1. The summed E-state index contributed by atoms with van der Waals surface area (Å²) in [4.78, 5) is 57.6. The highest BCUT2D eigenvalue weighted by atomic mass is 16.5. The number of likely N-dealkylation sites (tertiary alicyclic amines) is 2. The van der Waals surface area contributed by atoms with Crippen LogP contribution in [-0.4, -0.2) is 98.9 Å². The second-order valence-electron chi connectivity index (χ2n) is 16.3. The standard InChI is InChI=1S/C45H54N4O9/c50-38-15-13-36(37-14-16-40(52)47-41(37)38)39(51)27-46-26-29-17-21-48(22-18-29)42(53)31-9-11-32(12-10-31)43(54)49-23-19-30(20-24-49)28-58-35-8-4-7-34(25-35)45(57,44(55)56)33-5-2-1-3-6-33/h1-8,13-16,25,29-32,39,46,50-51,57H,9-12,17-24,26-28H2,(H,47,52)(H,55,56)/t31-,32-,39-,45-/m0/s1. The summed E-state index contributed by atoms with van der Waals surface area (Å²) >= 11 is 0. The maximum Gasteiger partial charge on any atom is 0.345 e. The molecule has 1 aromatic heterocycles. The minimum Gasteiger partial charge on any atom is -0.506 e. The van der Waals surface area contributed by atoms with Gasteiger partial charge in [-0.15, -0.1) is 0 Å². The van der Waals surface area contributed by atoms with Gasteiger partial charge in [0.1, 0.15) is 11.5 Å². The van der Waals surface area contributed by atoms with E-state index in [0.29, 0.717) is 74.0 Å². The molecule has 3 fully saturated rings. The number of aromatic hydroxyl groups is 1. The lowest BCUT2D eigenvalue weighted by Gasteiger charge is -2.38. The Hall–Kier alpha value is -5.24. The van der Waals surface area contributed by atoms with Crippen LogP contribution in [0.15, 0.2) is 83.7 Å². The third-order valence-electron chi connectivity index (χ3n) is 12.6. The Bertz CT molecular complexity index is 2120. The van der Waals surface area contributed by atoms with Crippen molar-refractivity contribution < 1.29 is 39.5 Å². The summed E-state index contributed by atoms with van der Waals surface area (Å²) in [7, 11) is 0. The molecule has 0 bridgehead atoms. The number of aliphatic hydroxyl groups is 2. The minimum absolute atomic E-state index is 0.0429. The predicted octanol–water partition coefficient (Wildman–Crippen LogP) is 4.54. The fourth-order valence-corrected chi connectivity index (χ4v) is 8.98. The molecule has 1 saturated carbocycles. The van der Waals surface area contributed by atoms with Crippen molar-refractivity contribution in [2.75, 3.05) is 45.9 Å². The molecule has 4 aromatic rings. The number of hydrogen-bond acceptors (Lipinski definition) is 9. The van der Waals surface area contributed by atoms with Crippen molar-refractivity contribution in [1.82, 2.24) is 20.1 Å². The zero-order valence-electron chi connectivity index (χ0n) is 32.7. The van der Waals surface area contributed by atoms with Gasteiger partial charge in [0.2, 0.25) is 23.0 Å². The third kappa shape index (κ3) is 9.06. The molecule has 3 heterocycles. The molecular weight excluding hydrogens is 741 g/mol. The highest BCUT2D eigenvalue weighted by Crippen LogP contribution is 2.35. The zero-order valence-corrected chi connectivity index (χ0v) is 32.7. The number of aliphatic carboxylic acids is 1. The summed E-state index contributed by atoms with van der Waals surface area (Å²) in [6, 6.07) is 21.0. The van der Waals surface area contributed by atoms with Crippen LogP contribution >= 0.6 is 0 Å². The van der Waals surface area contributed by atoms with Crippen LogP contribution in [0.3, 0.4) is 0 Å². The largest absolute Gasteiger partial charge is 0.506 e. The molecule has 0 spiro atoms. The summed E-state index contributed by atoms with van der Waals surface area (Å²) in [5.74, 6) is -0.0508. The van der Waals surface area contributed by atoms with Gasteiger partial charge in [-0.25, -0.2) is 4.79 Å². The number of piperidine rings is 2. The van der Waals surface area contributed by atoms with E-state index in [2.05, 4.69) is 10.3 Å². The van der Waals surface area contributed by atoms with E-state index in [4.69, 9.17) is 4.74 Å². The first-order valence-corrected chi connectivity index (χ1v) is 20.6. The van der Waals surface area contributed by atoms with E-state index in [0.717, 1.165) is 51.4 Å². The van der Waals surface area contributed by atoms with Crippen molar-refractivity contribution in [2.45, 2.75) is 63.1 Å². The van der Waals surface area contributed by atoms with Gasteiger partial charge >= 0.3 is 5.97 Å². The maximum atomic E-state index is 13.5. The van der Waals surface area contributed by atoms with E-state index < -0.39 is 17.7 Å². The molecule has 2 saturated heterocycles. The number of carboxylic acid groups (broad SMARTS) is 1. The average Bonchev–Trinajstić information content (AvgIpc) is 3.26. The normalized spacial score (nSPS) is 21.0. The van der Waals surface area contributed by atoms with Crippen molar-refractivity contribution in [1.29, 1.82) is 0 Å². The minimum atomic E-state index is -2.21. The number of phenols is 1. The van der Waals surface area contributed by atoms with Gasteiger partial charge in [-0.05, 0) is 105 Å². The Morgan fingerprint density at radius 3 is 2.00 bits per heavy atom. The topological polar surface area (TPSA) is 193 Å². The van der Waals surface area contributed by atoms with Crippen LogP contribution in [0.4, 0.5) is 0 Å². The van der Waals surface area contributed by atoms with Gasteiger partial charge in [-0.2, -0.15) is 0 Å². The number of benzene rings is 3. The van der Waals surface area contributed by atoms with E-state index in [1.54, 1.807) is 66.7 Å². The first kappa shape index (κ1) is 40.9. The Morgan fingerprint density at radius 2 is 1.38 bits per heavy atom. The molecule has 0 radical (unpaired) electrons. The summed E-state index contributed by atoms with van der Waals surface area (Å²) in [5.41, 5.74) is -1.12. The molecule has 7 rings (SSSR count). The molecule has 308 valence electrons. The molecular formula is C45H54N4O9. The number of nitrogens with zero attached hydrogens (tertiary/aromatic N) is 2. The van der Waals surface area contributed by atoms with E-state index in [1.165, 1.54) is 12.1 Å². The number of hydrogen-bond donors (Lipinski definition) is 6. The van der Waals surface area contributed by atoms with E-state index in [-0.39, 0.29) is 52.0 Å². The van der Waals surface area contributed by atoms with Gasteiger partial charge in [-0.3, -0.25) is 14.4 Å². The first-order valence-electron chi connectivity index (χ1n) is 20.6. The molecule has 3 aromatic carbocycles. The SMILES string of the molecule is O=C(O)[C@](O)(c1ccccc1)c1cccc(OCC2CCN(C(=O)[C@H]3CC[C@H](C(=O)N4CCC(CNC[C@H](O)c5ccc(O)c6[nH]c(=O)ccc56)CC4)CC3)CC2)c1. The van der Waals surface area contributed by atoms with Crippen LogP contribution in [0.25, 0.3) is 10.9 Å². The lowest BCUT2D eigenvalue weighted by atomic mass is 9.80. The molecule has 13 heteroatoms. The van der Waals surface area contributed by atoms with E-state index in [1.807, 2.05) is 9.80 Å². The number of carbonyl (C=O) groups excluding carboxylic acids is 2. The van der Waals surface area contributed by atoms with Crippen LogP contribution in [-0.2, 0) is 20.0 Å². The van der Waals surface area contributed by atoms with Crippen LogP contribution < -0.4 is 15.6 Å². The number of carbonyl (C=O) groups is 3. The number of H-pyrrole nitrogens is 1. The number of ether oxygens (including phenoxy) is 1. The highest BCUT2D eigenvalue weighted by molar-refractivity contribution is 5.87. The fraction of sp³-hybridized carbons (Fsp3) is 0.467. The second-order valence-corrected chi connectivity index (χ2v) is 16.3. The van der Waals surface area contributed by atoms with Crippen LogP contribution in [0, 0.1) is 23.7 Å². The number of rotatable bonds is 13. The lowest BCUT2D eigenvalue weighted by Crippen LogP contribution is -2.46. The van der Waals surface area contributed by atoms with Crippen molar-refractivity contribution in [3.63, 3.8) is 0 Å². The van der Waals surface area contributed by atoms with Crippen molar-refractivity contribution in [3.05, 3.63) is 106 Å². The molecule has 0 unspecified atom stereocenters. The van der Waals surface area contributed by atoms with Gasteiger partial charge in [0.05, 0.1) is 18.2 Å². The van der Waals surface area contributed by atoms with Gasteiger partial charge in [0.15, 0.2) is 0 Å². The Kier molecular flexibility index (Phi) is 12.8. The number of aromatic amines is 1. The number of fused-ring (bicyclic) bond motifs is 1. The molecule has 6 N–H and O–H groups in total. The monoisotopic (exact) mass is 794 g/mol. The zero-order chi connectivity index (χ0) is 40.8. The summed E-state index contributed by atoms with van der Waals surface area (Å²) in [5, 5.41) is 46.2.